The lowest BCUT2D eigenvalue weighted by Crippen LogP contribution is -2.34. The zero-order valence-corrected chi connectivity index (χ0v) is 16.9. The molecular weight excluding hydrogens is 366 g/mol. The van der Waals surface area contributed by atoms with E-state index < -0.39 is 10.0 Å². The van der Waals surface area contributed by atoms with Crippen molar-refractivity contribution < 1.29 is 13.2 Å². The number of carbonyl (C=O) groups is 1. The fraction of sp³-hybridized carbons (Fsp3) is 0.350. The smallest absolute Gasteiger partial charge is 0.232 e. The molecule has 0 aromatic heterocycles. The van der Waals surface area contributed by atoms with Crippen LogP contribution in [0.4, 0.5) is 5.69 Å². The van der Waals surface area contributed by atoms with Gasteiger partial charge < -0.3 is 0 Å². The van der Waals surface area contributed by atoms with Crippen LogP contribution in [0.25, 0.3) is 0 Å². The van der Waals surface area contributed by atoms with Gasteiger partial charge >= 0.3 is 0 Å². The number of aryl methyl sites for hydroxylation is 3. The molecule has 2 aromatic carbocycles. The lowest BCUT2D eigenvalue weighted by atomic mass is 9.99. The summed E-state index contributed by atoms with van der Waals surface area (Å²) in [6.07, 6.45) is 2.79. The average molecular weight is 390 g/mol. The fourth-order valence-electron chi connectivity index (χ4n) is 3.12. The Balaban J connectivity index is 1.75. The van der Waals surface area contributed by atoms with E-state index in [4.69, 9.17) is 0 Å². The van der Waals surface area contributed by atoms with Gasteiger partial charge in [-0.2, -0.15) is 0 Å². The molecule has 0 saturated heterocycles. The van der Waals surface area contributed by atoms with Gasteiger partial charge in [-0.25, -0.2) is 8.42 Å². The van der Waals surface area contributed by atoms with Crippen molar-refractivity contribution in [3.63, 3.8) is 0 Å². The van der Waals surface area contributed by atoms with E-state index in [1.54, 1.807) is 12.1 Å². The number of thioether (sulfide) groups is 1. The van der Waals surface area contributed by atoms with Gasteiger partial charge in [0, 0.05) is 17.0 Å². The molecule has 1 aliphatic heterocycles. The lowest BCUT2D eigenvalue weighted by molar-refractivity contribution is 0.102. The minimum atomic E-state index is -3.28. The first-order valence-corrected chi connectivity index (χ1v) is 11.4. The normalized spacial score (nSPS) is 14.2. The molecule has 3 rings (SSSR count). The predicted octanol–water partition coefficient (Wildman–Crippen LogP) is 3.99. The van der Waals surface area contributed by atoms with Crippen LogP contribution < -0.4 is 4.31 Å². The third kappa shape index (κ3) is 4.13. The lowest BCUT2D eigenvalue weighted by Gasteiger charge is -2.29. The molecule has 2 aromatic rings. The molecule has 0 radical (unpaired) electrons. The summed E-state index contributed by atoms with van der Waals surface area (Å²) in [5.41, 5.74) is 4.75. The average Bonchev–Trinajstić information content (AvgIpc) is 2.60. The van der Waals surface area contributed by atoms with Crippen LogP contribution in [0, 0.1) is 13.8 Å². The van der Waals surface area contributed by atoms with Crippen molar-refractivity contribution in [2.45, 2.75) is 31.6 Å². The maximum absolute atomic E-state index is 12.6. The first-order valence-electron chi connectivity index (χ1n) is 8.59. The molecule has 138 valence electrons. The van der Waals surface area contributed by atoms with Crippen LogP contribution in [-0.2, 0) is 16.4 Å². The minimum absolute atomic E-state index is 0.0625. The Kier molecular flexibility index (Phi) is 5.44. The Labute approximate surface area is 159 Å². The summed E-state index contributed by atoms with van der Waals surface area (Å²) in [7, 11) is -3.28. The van der Waals surface area contributed by atoms with Gasteiger partial charge in [-0.3, -0.25) is 9.10 Å². The van der Waals surface area contributed by atoms with Crippen LogP contribution >= 0.6 is 11.8 Å². The maximum atomic E-state index is 12.6. The number of Topliss-reactive ketones (excluding diaryl/α,β-unsaturated/α-hetero) is 1. The van der Waals surface area contributed by atoms with Crippen LogP contribution in [0.2, 0.25) is 0 Å². The van der Waals surface area contributed by atoms with E-state index in [9.17, 15) is 13.2 Å². The number of fused-ring (bicyclic) bond motifs is 1. The minimum Gasteiger partial charge on any atom is -0.293 e. The van der Waals surface area contributed by atoms with Gasteiger partial charge in [0.25, 0.3) is 0 Å². The van der Waals surface area contributed by atoms with Crippen molar-refractivity contribution in [3.05, 3.63) is 58.7 Å². The number of sulfonamides is 1. The zero-order valence-electron chi connectivity index (χ0n) is 15.3. The molecule has 0 unspecified atom stereocenters. The van der Waals surface area contributed by atoms with Crippen molar-refractivity contribution in [2.24, 2.45) is 0 Å². The van der Waals surface area contributed by atoms with Crippen molar-refractivity contribution >= 4 is 33.3 Å². The molecule has 4 nitrogen and oxygen atoms in total. The van der Waals surface area contributed by atoms with Gasteiger partial charge in [-0.1, -0.05) is 6.07 Å². The molecule has 0 aliphatic carbocycles. The molecule has 26 heavy (non-hydrogen) atoms. The Hall–Kier alpha value is -1.79. The number of ketones is 1. The molecule has 0 atom stereocenters. The first kappa shape index (κ1) is 19.0. The van der Waals surface area contributed by atoms with E-state index in [1.807, 2.05) is 12.1 Å². The second kappa shape index (κ2) is 7.45. The predicted molar refractivity (Wildman–Crippen MR) is 108 cm³/mol. The van der Waals surface area contributed by atoms with Crippen LogP contribution in [0.1, 0.15) is 33.5 Å². The summed E-state index contributed by atoms with van der Waals surface area (Å²) in [5, 5.41) is 0. The van der Waals surface area contributed by atoms with Crippen molar-refractivity contribution in [2.75, 3.05) is 22.9 Å². The Morgan fingerprint density at radius 1 is 1.12 bits per heavy atom. The number of hydrogen-bond acceptors (Lipinski definition) is 4. The van der Waals surface area contributed by atoms with Crippen molar-refractivity contribution in [1.29, 1.82) is 0 Å². The standard InChI is InChI=1S/C20H23NO3S2/c1-14-6-8-18(11-15(14)2)25-13-20(22)17-7-9-19-16(12-17)5-4-10-21(19)26(3,23)24/h6-9,11-12H,4-5,10,13H2,1-3H3. The second-order valence-electron chi connectivity index (χ2n) is 6.74. The van der Waals surface area contributed by atoms with Gasteiger partial charge in [-0.05, 0) is 73.7 Å². The van der Waals surface area contributed by atoms with Crippen LogP contribution in [0.15, 0.2) is 41.3 Å². The number of carbonyl (C=O) groups excluding carboxylic acids is 1. The SMILES string of the molecule is Cc1ccc(SCC(=O)c2ccc3c(c2)CCCN3S(C)(=O)=O)cc1C. The largest absolute Gasteiger partial charge is 0.293 e. The van der Waals surface area contributed by atoms with E-state index in [1.165, 1.54) is 33.4 Å². The van der Waals surface area contributed by atoms with E-state index in [0.717, 1.165) is 23.3 Å². The monoisotopic (exact) mass is 389 g/mol. The summed E-state index contributed by atoms with van der Waals surface area (Å²) in [6.45, 7) is 4.64. The van der Waals surface area contributed by atoms with Gasteiger partial charge in [0.05, 0.1) is 17.7 Å². The molecule has 0 fully saturated rings. The molecule has 0 N–H and O–H groups in total. The Bertz CT molecular complexity index is 952. The Morgan fingerprint density at radius 2 is 1.88 bits per heavy atom. The highest BCUT2D eigenvalue weighted by atomic mass is 32.2. The number of rotatable bonds is 5. The highest BCUT2D eigenvalue weighted by Crippen LogP contribution is 2.30. The molecule has 1 aliphatic rings. The van der Waals surface area contributed by atoms with Crippen molar-refractivity contribution in [3.8, 4) is 0 Å². The molecule has 0 saturated carbocycles. The van der Waals surface area contributed by atoms with Gasteiger partial charge in [-0.15, -0.1) is 11.8 Å². The molecule has 6 heteroatoms. The van der Waals surface area contributed by atoms with E-state index in [-0.39, 0.29) is 5.78 Å². The maximum Gasteiger partial charge on any atom is 0.232 e. The molecule has 1 heterocycles. The summed E-state index contributed by atoms with van der Waals surface area (Å²) >= 11 is 1.53. The van der Waals surface area contributed by atoms with Gasteiger partial charge in [0.15, 0.2) is 5.78 Å². The van der Waals surface area contributed by atoms with E-state index >= 15 is 0 Å². The zero-order chi connectivity index (χ0) is 18.9. The number of benzene rings is 2. The Morgan fingerprint density at radius 3 is 2.58 bits per heavy atom. The second-order valence-corrected chi connectivity index (χ2v) is 9.70. The quantitative estimate of drug-likeness (QED) is 0.573. The molecule has 0 bridgehead atoms. The summed E-state index contributed by atoms with van der Waals surface area (Å²) in [6, 6.07) is 11.6. The number of hydrogen-bond donors (Lipinski definition) is 0. The summed E-state index contributed by atoms with van der Waals surface area (Å²) < 4.78 is 25.3. The van der Waals surface area contributed by atoms with Crippen LogP contribution in [-0.4, -0.2) is 32.8 Å². The third-order valence-electron chi connectivity index (χ3n) is 4.73. The van der Waals surface area contributed by atoms with Crippen LogP contribution in [0.3, 0.4) is 0 Å². The topological polar surface area (TPSA) is 54.5 Å². The summed E-state index contributed by atoms with van der Waals surface area (Å²) in [5.74, 6) is 0.435. The summed E-state index contributed by atoms with van der Waals surface area (Å²) in [4.78, 5) is 13.7. The third-order valence-corrected chi connectivity index (χ3v) is 6.90. The highest BCUT2D eigenvalue weighted by Gasteiger charge is 2.24. The fourth-order valence-corrected chi connectivity index (χ4v) is 5.00. The number of nitrogens with zero attached hydrogens (tertiary/aromatic N) is 1. The molecule has 0 spiro atoms. The van der Waals surface area contributed by atoms with Crippen LogP contribution in [0.5, 0.6) is 0 Å². The van der Waals surface area contributed by atoms with E-state index in [0.29, 0.717) is 23.5 Å². The number of anilines is 1. The first-order chi connectivity index (χ1) is 12.3. The van der Waals surface area contributed by atoms with Crippen molar-refractivity contribution in [1.82, 2.24) is 0 Å². The molecule has 0 amide bonds. The van der Waals surface area contributed by atoms with Gasteiger partial charge in [0.1, 0.15) is 0 Å². The van der Waals surface area contributed by atoms with Gasteiger partial charge in [0.2, 0.25) is 10.0 Å². The highest BCUT2D eigenvalue weighted by molar-refractivity contribution is 8.00. The molecular formula is C20H23NO3S2. The van der Waals surface area contributed by atoms with E-state index in [2.05, 4.69) is 26.0 Å².